The minimum absolute atomic E-state index is 0.0310. The molecule has 0 radical (unpaired) electrons. The topological polar surface area (TPSA) is 98.2 Å². The molecule has 0 saturated heterocycles. The lowest BCUT2D eigenvalue weighted by Gasteiger charge is -2.02. The van der Waals surface area contributed by atoms with Crippen molar-refractivity contribution >= 4 is 17.1 Å². The smallest absolute Gasteiger partial charge is 0.305 e. The molecule has 7 heteroatoms. The quantitative estimate of drug-likeness (QED) is 0.789. The lowest BCUT2D eigenvalue weighted by atomic mass is 10.1. The summed E-state index contributed by atoms with van der Waals surface area (Å²) in [5.41, 5.74) is 2.39. The van der Waals surface area contributed by atoms with Crippen molar-refractivity contribution < 1.29 is 14.4 Å². The number of fused-ring (bicyclic) bond motifs is 1. The van der Waals surface area contributed by atoms with Crippen molar-refractivity contribution in [2.45, 2.75) is 19.9 Å². The van der Waals surface area contributed by atoms with E-state index in [9.17, 15) is 9.59 Å². The largest absolute Gasteiger partial charge is 0.481 e. The molecule has 0 saturated carbocycles. The first-order valence-corrected chi connectivity index (χ1v) is 6.70. The number of hydrogen-bond donors (Lipinski definition) is 1. The second-order valence-corrected chi connectivity index (χ2v) is 4.96. The van der Waals surface area contributed by atoms with Crippen LogP contribution in [0.5, 0.6) is 0 Å². The summed E-state index contributed by atoms with van der Waals surface area (Å²) >= 11 is 0. The lowest BCUT2D eigenvalue weighted by molar-refractivity contribution is -0.137. The maximum atomic E-state index is 12.2. The highest BCUT2D eigenvalue weighted by Crippen LogP contribution is 2.24. The number of carboxylic acids is 1. The molecule has 3 aromatic rings. The number of hydrogen-bond acceptors (Lipinski definition) is 5. The van der Waals surface area contributed by atoms with Crippen molar-refractivity contribution in [3.8, 4) is 11.3 Å². The molecular formula is C15H13N3O4. The van der Waals surface area contributed by atoms with Gasteiger partial charge in [-0.15, -0.1) is 0 Å². The van der Waals surface area contributed by atoms with Gasteiger partial charge in [-0.3, -0.25) is 14.2 Å². The molecule has 1 N–H and O–H groups in total. The number of aliphatic carboxylic acids is 1. The SMILES string of the molecule is Cc1ccc(-c2noc3c(=O)n(CCC(=O)O)cnc23)cc1. The predicted octanol–water partition coefficient (Wildman–Crippen LogP) is 1.83. The minimum Gasteiger partial charge on any atom is -0.481 e. The molecule has 0 aliphatic rings. The van der Waals surface area contributed by atoms with Gasteiger partial charge >= 0.3 is 5.97 Å². The van der Waals surface area contributed by atoms with Gasteiger partial charge in [0, 0.05) is 12.1 Å². The van der Waals surface area contributed by atoms with Crippen LogP contribution in [0.25, 0.3) is 22.4 Å². The Morgan fingerprint density at radius 1 is 1.32 bits per heavy atom. The Kier molecular flexibility index (Phi) is 3.46. The Balaban J connectivity index is 2.05. The molecule has 0 fully saturated rings. The Morgan fingerprint density at radius 2 is 2.05 bits per heavy atom. The van der Waals surface area contributed by atoms with Crippen LogP contribution in [0, 0.1) is 6.92 Å². The van der Waals surface area contributed by atoms with Crippen LogP contribution in [0.1, 0.15) is 12.0 Å². The van der Waals surface area contributed by atoms with Crippen molar-refractivity contribution in [2.75, 3.05) is 0 Å². The first-order chi connectivity index (χ1) is 10.6. The number of rotatable bonds is 4. The van der Waals surface area contributed by atoms with Crippen LogP contribution in [0.2, 0.25) is 0 Å². The fourth-order valence-corrected chi connectivity index (χ4v) is 2.13. The van der Waals surface area contributed by atoms with Gasteiger partial charge in [-0.25, -0.2) is 4.98 Å². The van der Waals surface area contributed by atoms with Crippen molar-refractivity contribution in [2.24, 2.45) is 0 Å². The Labute approximate surface area is 124 Å². The average molecular weight is 299 g/mol. The highest BCUT2D eigenvalue weighted by atomic mass is 16.5. The zero-order chi connectivity index (χ0) is 15.7. The monoisotopic (exact) mass is 299 g/mol. The van der Waals surface area contributed by atoms with Crippen LogP contribution in [0.15, 0.2) is 39.9 Å². The third-order valence-corrected chi connectivity index (χ3v) is 3.34. The molecule has 0 amide bonds. The number of nitrogens with zero attached hydrogens (tertiary/aromatic N) is 3. The van der Waals surface area contributed by atoms with Crippen molar-refractivity contribution in [3.63, 3.8) is 0 Å². The van der Waals surface area contributed by atoms with Gasteiger partial charge in [0.15, 0.2) is 0 Å². The van der Waals surface area contributed by atoms with Crippen molar-refractivity contribution in [1.82, 2.24) is 14.7 Å². The number of benzene rings is 1. The fourth-order valence-electron chi connectivity index (χ4n) is 2.13. The highest BCUT2D eigenvalue weighted by Gasteiger charge is 2.16. The van der Waals surface area contributed by atoms with Crippen LogP contribution in [-0.4, -0.2) is 25.8 Å². The molecule has 1 aromatic carbocycles. The summed E-state index contributed by atoms with van der Waals surface area (Å²) in [6.07, 6.45) is 1.16. The summed E-state index contributed by atoms with van der Waals surface area (Å²) < 4.78 is 6.33. The summed E-state index contributed by atoms with van der Waals surface area (Å²) in [6.45, 7) is 2.02. The summed E-state index contributed by atoms with van der Waals surface area (Å²) in [5, 5.41) is 12.6. The average Bonchev–Trinajstić information content (AvgIpc) is 2.92. The van der Waals surface area contributed by atoms with Gasteiger partial charge in [0.2, 0.25) is 0 Å². The van der Waals surface area contributed by atoms with E-state index < -0.39 is 11.5 Å². The van der Waals surface area contributed by atoms with E-state index in [1.54, 1.807) is 0 Å². The summed E-state index contributed by atoms with van der Waals surface area (Å²) in [7, 11) is 0. The molecule has 22 heavy (non-hydrogen) atoms. The predicted molar refractivity (Wildman–Crippen MR) is 78.5 cm³/mol. The zero-order valence-electron chi connectivity index (χ0n) is 11.8. The normalized spacial score (nSPS) is 11.0. The van der Waals surface area contributed by atoms with Gasteiger partial charge in [-0.1, -0.05) is 35.0 Å². The molecule has 112 valence electrons. The summed E-state index contributed by atoms with van der Waals surface area (Å²) in [6, 6.07) is 7.63. The maximum absolute atomic E-state index is 12.2. The number of carboxylic acid groups (broad SMARTS) is 1. The first-order valence-electron chi connectivity index (χ1n) is 6.70. The number of carbonyl (C=O) groups is 1. The van der Waals surface area contributed by atoms with E-state index in [-0.39, 0.29) is 18.5 Å². The van der Waals surface area contributed by atoms with Gasteiger partial charge in [-0.2, -0.15) is 0 Å². The maximum Gasteiger partial charge on any atom is 0.305 e. The highest BCUT2D eigenvalue weighted by molar-refractivity contribution is 5.87. The summed E-state index contributed by atoms with van der Waals surface area (Å²) in [4.78, 5) is 27.0. The molecule has 7 nitrogen and oxygen atoms in total. The Bertz CT molecular complexity index is 893. The third-order valence-electron chi connectivity index (χ3n) is 3.34. The van der Waals surface area contributed by atoms with Gasteiger partial charge < -0.3 is 9.63 Å². The van der Waals surface area contributed by atoms with Gasteiger partial charge in [0.05, 0.1) is 12.7 Å². The van der Waals surface area contributed by atoms with Crippen LogP contribution < -0.4 is 5.56 Å². The van der Waals surface area contributed by atoms with E-state index in [0.29, 0.717) is 11.2 Å². The Morgan fingerprint density at radius 3 is 2.73 bits per heavy atom. The van der Waals surface area contributed by atoms with Crippen molar-refractivity contribution in [1.29, 1.82) is 0 Å². The molecular weight excluding hydrogens is 286 g/mol. The molecule has 3 rings (SSSR count). The van der Waals surface area contributed by atoms with Crippen LogP contribution in [0.4, 0.5) is 0 Å². The molecule has 2 aromatic heterocycles. The first kappa shape index (κ1) is 14.0. The molecule has 0 atom stereocenters. The molecule has 0 aliphatic heterocycles. The summed E-state index contributed by atoms with van der Waals surface area (Å²) in [5.74, 6) is -0.982. The standard InChI is InChI=1S/C15H13N3O4/c1-9-2-4-10(5-3-9)12-13-14(22-17-12)15(21)18(8-16-13)7-6-11(19)20/h2-5,8H,6-7H2,1H3,(H,19,20). The van der Waals surface area contributed by atoms with Crippen molar-refractivity contribution in [3.05, 3.63) is 46.5 Å². The van der Waals surface area contributed by atoms with E-state index in [0.717, 1.165) is 11.1 Å². The van der Waals surface area contributed by atoms with E-state index >= 15 is 0 Å². The third kappa shape index (κ3) is 2.48. The van der Waals surface area contributed by atoms with Crippen LogP contribution in [0.3, 0.4) is 0 Å². The van der Waals surface area contributed by atoms with E-state index in [2.05, 4.69) is 10.1 Å². The van der Waals surface area contributed by atoms with Crippen LogP contribution >= 0.6 is 0 Å². The molecule has 0 bridgehead atoms. The van der Waals surface area contributed by atoms with Gasteiger partial charge in [0.25, 0.3) is 11.1 Å². The second-order valence-electron chi connectivity index (χ2n) is 4.96. The van der Waals surface area contributed by atoms with Gasteiger partial charge in [0.1, 0.15) is 11.2 Å². The molecule has 0 unspecified atom stereocenters. The Hall–Kier alpha value is -2.96. The fraction of sp³-hybridized carbons (Fsp3) is 0.200. The number of aryl methyl sites for hydroxylation is 2. The number of aromatic nitrogens is 3. The van der Waals surface area contributed by atoms with Gasteiger partial charge in [-0.05, 0) is 6.92 Å². The van der Waals surface area contributed by atoms with Crippen LogP contribution in [-0.2, 0) is 11.3 Å². The lowest BCUT2D eigenvalue weighted by Crippen LogP contribution is -2.21. The molecule has 0 aliphatic carbocycles. The zero-order valence-corrected chi connectivity index (χ0v) is 11.8. The second kappa shape index (κ2) is 5.44. The van der Waals surface area contributed by atoms with E-state index in [4.69, 9.17) is 9.63 Å². The van der Waals surface area contributed by atoms with E-state index in [1.807, 2.05) is 31.2 Å². The molecule has 0 spiro atoms. The minimum atomic E-state index is -0.982. The molecule has 2 heterocycles. The van der Waals surface area contributed by atoms with E-state index in [1.165, 1.54) is 10.9 Å².